The molecule has 0 aromatic heterocycles. The molecule has 23 heavy (non-hydrogen) atoms. The second kappa shape index (κ2) is 6.45. The number of nitrogens with zero attached hydrogens (tertiary/aromatic N) is 1. The van der Waals surface area contributed by atoms with Gasteiger partial charge >= 0.3 is 0 Å². The molecule has 1 fully saturated rings. The highest BCUT2D eigenvalue weighted by atomic mass is 35.5. The molecule has 2 unspecified atom stereocenters. The van der Waals surface area contributed by atoms with E-state index >= 15 is 0 Å². The van der Waals surface area contributed by atoms with Crippen molar-refractivity contribution < 1.29 is 4.74 Å². The summed E-state index contributed by atoms with van der Waals surface area (Å²) in [6.07, 6.45) is 1.36. The fraction of sp³-hybridized carbons (Fsp3) is 0.368. The van der Waals surface area contributed by atoms with Crippen LogP contribution >= 0.6 is 23.2 Å². The summed E-state index contributed by atoms with van der Waals surface area (Å²) >= 11 is 12.5. The minimum atomic E-state index is 0.298. The van der Waals surface area contributed by atoms with Gasteiger partial charge in [-0.05, 0) is 23.6 Å². The van der Waals surface area contributed by atoms with E-state index in [0.29, 0.717) is 28.7 Å². The highest BCUT2D eigenvalue weighted by Gasteiger charge is 2.36. The predicted octanol–water partition coefficient (Wildman–Crippen LogP) is 4.88. The largest absolute Gasteiger partial charge is 0.373 e. The lowest BCUT2D eigenvalue weighted by molar-refractivity contribution is -0.0325. The third kappa shape index (κ3) is 3.01. The maximum Gasteiger partial charge on any atom is 0.0738 e. The summed E-state index contributed by atoms with van der Waals surface area (Å²) in [5.74, 6) is 0.381. The summed E-state index contributed by atoms with van der Waals surface area (Å²) < 4.78 is 6.07. The smallest absolute Gasteiger partial charge is 0.0738 e. The number of ether oxygens (including phenoxy) is 1. The van der Waals surface area contributed by atoms with Crippen molar-refractivity contribution in [3.8, 4) is 0 Å². The Bertz CT molecular complexity index is 704. The van der Waals surface area contributed by atoms with Crippen LogP contribution in [-0.4, -0.2) is 24.1 Å². The lowest BCUT2D eigenvalue weighted by Crippen LogP contribution is -2.44. The summed E-state index contributed by atoms with van der Waals surface area (Å²) in [5, 5.41) is 1.27. The van der Waals surface area contributed by atoms with Crippen molar-refractivity contribution in [2.24, 2.45) is 0 Å². The highest BCUT2D eigenvalue weighted by molar-refractivity contribution is 6.42. The van der Waals surface area contributed by atoms with Crippen molar-refractivity contribution in [1.82, 2.24) is 4.90 Å². The summed E-state index contributed by atoms with van der Waals surface area (Å²) in [6.45, 7) is 3.65. The number of hydrogen-bond donors (Lipinski definition) is 0. The minimum absolute atomic E-state index is 0.298. The predicted molar refractivity (Wildman–Crippen MR) is 94.1 cm³/mol. The van der Waals surface area contributed by atoms with Gasteiger partial charge in [0, 0.05) is 31.1 Å². The van der Waals surface area contributed by atoms with E-state index < -0.39 is 0 Å². The molecular formula is C19H19Cl2NO. The second-order valence-electron chi connectivity index (χ2n) is 6.39. The van der Waals surface area contributed by atoms with Gasteiger partial charge in [-0.15, -0.1) is 0 Å². The van der Waals surface area contributed by atoms with Crippen molar-refractivity contribution in [1.29, 1.82) is 0 Å². The minimum Gasteiger partial charge on any atom is -0.373 e. The van der Waals surface area contributed by atoms with Crippen LogP contribution in [0, 0.1) is 0 Å². The number of likely N-dealkylation sites (tertiary alicyclic amines) is 1. The Kier molecular flexibility index (Phi) is 4.33. The van der Waals surface area contributed by atoms with Gasteiger partial charge < -0.3 is 4.74 Å². The zero-order valence-electron chi connectivity index (χ0n) is 12.8. The maximum absolute atomic E-state index is 6.38. The Morgan fingerprint density at radius 1 is 1.09 bits per heavy atom. The van der Waals surface area contributed by atoms with Crippen LogP contribution in [0.3, 0.4) is 0 Å². The fourth-order valence-electron chi connectivity index (χ4n) is 3.77. The molecule has 0 N–H and O–H groups in total. The Morgan fingerprint density at radius 2 is 1.91 bits per heavy atom. The van der Waals surface area contributed by atoms with Crippen molar-refractivity contribution in [2.45, 2.75) is 31.6 Å². The van der Waals surface area contributed by atoms with Crippen molar-refractivity contribution >= 4 is 23.2 Å². The van der Waals surface area contributed by atoms with E-state index in [1.807, 2.05) is 6.07 Å². The van der Waals surface area contributed by atoms with Gasteiger partial charge in [0.1, 0.15) is 0 Å². The number of benzene rings is 2. The molecule has 4 rings (SSSR count). The summed E-state index contributed by atoms with van der Waals surface area (Å²) in [6, 6.07) is 14.7. The van der Waals surface area contributed by atoms with Gasteiger partial charge in [-0.2, -0.15) is 0 Å². The third-order valence-corrected chi connectivity index (χ3v) is 5.80. The molecule has 4 heteroatoms. The Labute approximate surface area is 147 Å². The summed E-state index contributed by atoms with van der Waals surface area (Å²) in [5.41, 5.74) is 3.74. The first kappa shape index (κ1) is 15.5. The molecule has 0 radical (unpaired) electrons. The molecule has 2 aromatic carbocycles. The van der Waals surface area contributed by atoms with Crippen LogP contribution in [0.4, 0.5) is 0 Å². The molecular weight excluding hydrogens is 329 g/mol. The van der Waals surface area contributed by atoms with Crippen molar-refractivity contribution in [3.05, 3.63) is 69.2 Å². The maximum atomic E-state index is 6.38. The Hall–Kier alpha value is -1.06. The molecule has 1 saturated heterocycles. The van der Waals surface area contributed by atoms with Crippen molar-refractivity contribution in [3.63, 3.8) is 0 Å². The van der Waals surface area contributed by atoms with Crippen LogP contribution < -0.4 is 0 Å². The van der Waals surface area contributed by atoms with E-state index in [4.69, 9.17) is 27.9 Å². The van der Waals surface area contributed by atoms with Gasteiger partial charge in [-0.1, -0.05) is 59.6 Å². The lowest BCUT2D eigenvalue weighted by atomic mass is 9.83. The second-order valence-corrected chi connectivity index (χ2v) is 7.18. The van der Waals surface area contributed by atoms with Crippen LogP contribution in [-0.2, 0) is 17.9 Å². The Morgan fingerprint density at radius 3 is 2.74 bits per heavy atom. The van der Waals surface area contributed by atoms with Crippen LogP contribution in [0.15, 0.2) is 42.5 Å². The van der Waals surface area contributed by atoms with Gasteiger partial charge in [0.15, 0.2) is 0 Å². The summed E-state index contributed by atoms with van der Waals surface area (Å²) in [7, 11) is 0. The standard InChI is InChI=1S/C19H19Cl2NO/c20-17-7-6-14-15-11-22(10-13-4-2-1-3-5-13)9-8-18(15)23-12-16(14)19(17)21/h1-7,15,18H,8-12H2. The fourth-order valence-corrected chi connectivity index (χ4v) is 4.18. The molecule has 0 bridgehead atoms. The van der Waals surface area contributed by atoms with E-state index in [2.05, 4.69) is 41.3 Å². The van der Waals surface area contributed by atoms with E-state index in [0.717, 1.165) is 31.6 Å². The van der Waals surface area contributed by atoms with E-state index in [9.17, 15) is 0 Å². The number of hydrogen-bond acceptors (Lipinski definition) is 2. The van der Waals surface area contributed by atoms with Crippen LogP contribution in [0.2, 0.25) is 10.0 Å². The molecule has 120 valence electrons. The number of rotatable bonds is 2. The highest BCUT2D eigenvalue weighted by Crippen LogP contribution is 2.41. The number of piperidine rings is 1. The quantitative estimate of drug-likeness (QED) is 0.767. The van der Waals surface area contributed by atoms with Gasteiger partial charge in [0.05, 0.1) is 22.8 Å². The van der Waals surface area contributed by atoms with Crippen LogP contribution in [0.25, 0.3) is 0 Å². The van der Waals surface area contributed by atoms with E-state index in [-0.39, 0.29) is 0 Å². The normalized spacial score (nSPS) is 24.1. The zero-order chi connectivity index (χ0) is 15.8. The molecule has 2 aromatic rings. The molecule has 0 spiro atoms. The molecule has 2 nitrogen and oxygen atoms in total. The van der Waals surface area contributed by atoms with E-state index in [1.165, 1.54) is 11.1 Å². The van der Waals surface area contributed by atoms with Crippen molar-refractivity contribution in [2.75, 3.05) is 13.1 Å². The van der Waals surface area contributed by atoms with Gasteiger partial charge in [0.2, 0.25) is 0 Å². The monoisotopic (exact) mass is 347 g/mol. The molecule has 2 atom stereocenters. The molecule has 0 saturated carbocycles. The first-order valence-corrected chi connectivity index (χ1v) is 8.82. The molecule has 2 aliphatic heterocycles. The first-order valence-electron chi connectivity index (χ1n) is 8.07. The van der Waals surface area contributed by atoms with E-state index in [1.54, 1.807) is 0 Å². The van der Waals surface area contributed by atoms with Gasteiger partial charge in [-0.3, -0.25) is 4.90 Å². The number of halogens is 2. The Balaban J connectivity index is 1.57. The van der Waals surface area contributed by atoms with Gasteiger partial charge in [-0.25, -0.2) is 0 Å². The molecule has 0 aliphatic carbocycles. The molecule has 0 amide bonds. The lowest BCUT2D eigenvalue weighted by Gasteiger charge is -2.42. The first-order chi connectivity index (χ1) is 11.2. The zero-order valence-corrected chi connectivity index (χ0v) is 14.4. The van der Waals surface area contributed by atoms with Crippen LogP contribution in [0.5, 0.6) is 0 Å². The van der Waals surface area contributed by atoms with Crippen LogP contribution in [0.1, 0.15) is 29.0 Å². The van der Waals surface area contributed by atoms with Gasteiger partial charge in [0.25, 0.3) is 0 Å². The summed E-state index contributed by atoms with van der Waals surface area (Å²) in [4.78, 5) is 2.51. The average molecular weight is 348 g/mol. The topological polar surface area (TPSA) is 12.5 Å². The average Bonchev–Trinajstić information content (AvgIpc) is 2.59. The SMILES string of the molecule is Clc1ccc2c(c1Cl)COC1CCN(Cc3ccccc3)CC21. The molecule has 2 aliphatic rings. The molecule has 2 heterocycles. The third-order valence-electron chi connectivity index (χ3n) is 4.96. The number of fused-ring (bicyclic) bond motifs is 3.